The molecule has 0 bridgehead atoms. The minimum atomic E-state index is -4.85. The number of tetrazole rings is 1. The van der Waals surface area contributed by atoms with E-state index in [4.69, 9.17) is 29.0 Å². The van der Waals surface area contributed by atoms with Gasteiger partial charge in [0.2, 0.25) is 15.8 Å². The Bertz CT molecular complexity index is 3120. The number of methoxy groups -OCH3 is 3. The molecule has 7 rings (SSSR count). The first kappa shape index (κ1) is 51.2. The summed E-state index contributed by atoms with van der Waals surface area (Å²) in [5.41, 5.74) is 3.17. The molecule has 20 heteroatoms. The Morgan fingerprint density at radius 1 is 0.757 bits per heavy atom. The van der Waals surface area contributed by atoms with Gasteiger partial charge in [0, 0.05) is 39.7 Å². The van der Waals surface area contributed by atoms with Crippen LogP contribution in [0, 0.1) is 0 Å². The molecule has 0 saturated carbocycles. The van der Waals surface area contributed by atoms with Crippen LogP contribution in [0.3, 0.4) is 0 Å². The number of H-pyrrole nitrogens is 1. The number of imidazole rings is 1. The number of benzene rings is 5. The second kappa shape index (κ2) is 21.2. The quantitative estimate of drug-likeness (QED) is 0.0687. The molecule has 0 aliphatic heterocycles. The van der Waals surface area contributed by atoms with E-state index in [0.29, 0.717) is 68.8 Å². The summed E-state index contributed by atoms with van der Waals surface area (Å²) < 4.78 is 85.2. The molecular formula is C50H60N8O9S2Si. The maximum atomic E-state index is 16.2. The van der Waals surface area contributed by atoms with Crippen LogP contribution in [-0.2, 0) is 50.7 Å². The van der Waals surface area contributed by atoms with E-state index in [0.717, 1.165) is 5.56 Å². The first-order chi connectivity index (χ1) is 33.2. The standard InChI is InChI=1S/C50H60N8O9S2Si/c1-50(2,3)67-49(59)51-28-27-44-52-42-12-10-11-41(46(42)53-44)40-25-26-43(68(60,61)29-30-70(7,8)9)47(45(40)48-54-56-58(55-48)33-36-17-23-39(66-6)24-18-36)69(62,63)57(31-34-13-19-37(64-4)20-14-34)32-35-15-21-38(65-5)22-16-35/h10-26H,27-33H2,1-9H3,(H,51,59)(H,52,53). The zero-order valence-corrected chi connectivity index (χ0v) is 43.6. The largest absolute Gasteiger partial charge is 0.497 e. The van der Waals surface area contributed by atoms with Crippen molar-refractivity contribution in [1.29, 1.82) is 0 Å². The second-order valence-electron chi connectivity index (χ2n) is 19.0. The number of aromatic nitrogens is 6. The number of sulfonamides is 1. The highest BCUT2D eigenvalue weighted by molar-refractivity contribution is 7.93. The highest BCUT2D eigenvalue weighted by Crippen LogP contribution is 2.43. The van der Waals surface area contributed by atoms with Crippen molar-refractivity contribution in [2.75, 3.05) is 33.6 Å². The molecule has 0 spiro atoms. The summed E-state index contributed by atoms with van der Waals surface area (Å²) >= 11 is 0. The number of amides is 1. The summed E-state index contributed by atoms with van der Waals surface area (Å²) in [6, 6.07) is 30.1. The van der Waals surface area contributed by atoms with Crippen molar-refractivity contribution >= 4 is 45.1 Å². The Morgan fingerprint density at radius 3 is 1.87 bits per heavy atom. The SMILES string of the molecule is COc1ccc(CN(Cc2ccc(OC)cc2)S(=O)(=O)c2c(S(=O)(=O)CC[Si](C)(C)C)ccc(-c3cccc4[nH]c(CCNC(=O)OC(C)(C)C)nc34)c2-c2nnn(Cc3ccc(OC)cc3)n2)cc1. The molecule has 0 saturated heterocycles. The molecule has 0 aliphatic rings. The van der Waals surface area contributed by atoms with Crippen molar-refractivity contribution in [3.63, 3.8) is 0 Å². The van der Waals surface area contributed by atoms with Gasteiger partial charge in [0.15, 0.2) is 9.84 Å². The van der Waals surface area contributed by atoms with E-state index in [1.807, 2.05) is 18.2 Å². The number of hydrogen-bond acceptors (Lipinski definition) is 13. The van der Waals surface area contributed by atoms with Crippen LogP contribution in [0.25, 0.3) is 33.5 Å². The summed E-state index contributed by atoms with van der Waals surface area (Å²) in [5, 5.41) is 16.5. The average molecular weight is 1010 g/mol. The molecule has 0 fully saturated rings. The maximum absolute atomic E-state index is 16.2. The Kier molecular flexibility index (Phi) is 15.5. The van der Waals surface area contributed by atoms with E-state index in [9.17, 15) is 13.2 Å². The van der Waals surface area contributed by atoms with Crippen molar-refractivity contribution in [2.24, 2.45) is 0 Å². The number of aromatic amines is 1. The molecule has 1 amide bonds. The average Bonchev–Trinajstić information content (AvgIpc) is 3.97. The van der Waals surface area contributed by atoms with Crippen LogP contribution in [-0.4, -0.2) is 105 Å². The molecule has 2 aromatic heterocycles. The van der Waals surface area contributed by atoms with E-state index in [-0.39, 0.29) is 48.2 Å². The van der Waals surface area contributed by atoms with Gasteiger partial charge in [-0.25, -0.2) is 26.6 Å². The van der Waals surface area contributed by atoms with Crippen LogP contribution in [0.4, 0.5) is 4.79 Å². The van der Waals surface area contributed by atoms with Crippen molar-refractivity contribution in [2.45, 2.75) is 87.9 Å². The molecule has 17 nitrogen and oxygen atoms in total. The number of ether oxygens (including phenoxy) is 4. The summed E-state index contributed by atoms with van der Waals surface area (Å²) in [6.07, 6.45) is -0.260. The molecule has 0 unspecified atom stereocenters. The third-order valence-electron chi connectivity index (χ3n) is 11.3. The molecule has 370 valence electrons. The fraction of sp³-hybridized carbons (Fsp3) is 0.340. The summed E-state index contributed by atoms with van der Waals surface area (Å²) in [7, 11) is -6.49. The molecule has 0 aliphatic carbocycles. The van der Waals surface area contributed by atoms with Gasteiger partial charge in [-0.1, -0.05) is 74.2 Å². The smallest absolute Gasteiger partial charge is 0.407 e. The minimum Gasteiger partial charge on any atom is -0.497 e. The van der Waals surface area contributed by atoms with Crippen molar-refractivity contribution < 1.29 is 40.6 Å². The zero-order chi connectivity index (χ0) is 50.4. The zero-order valence-electron chi connectivity index (χ0n) is 40.9. The van der Waals surface area contributed by atoms with E-state index in [1.165, 1.54) is 15.2 Å². The number of nitrogens with zero attached hydrogens (tertiary/aromatic N) is 6. The van der Waals surface area contributed by atoms with Gasteiger partial charge in [0.05, 0.1) is 55.1 Å². The van der Waals surface area contributed by atoms with Crippen LogP contribution in [0.15, 0.2) is 113 Å². The van der Waals surface area contributed by atoms with Crippen LogP contribution < -0.4 is 19.5 Å². The third-order valence-corrected chi connectivity index (χ3v) is 17.1. The number of alkyl carbamates (subject to hydrolysis) is 1. The van der Waals surface area contributed by atoms with Gasteiger partial charge in [-0.05, 0) is 103 Å². The van der Waals surface area contributed by atoms with Gasteiger partial charge in [0.25, 0.3) is 0 Å². The molecule has 5 aromatic carbocycles. The van der Waals surface area contributed by atoms with Crippen LogP contribution in [0.1, 0.15) is 43.3 Å². The predicted molar refractivity (Wildman–Crippen MR) is 271 cm³/mol. The second-order valence-corrected chi connectivity index (χ2v) is 28.5. The molecule has 2 heterocycles. The number of para-hydroxylation sites is 1. The fourth-order valence-electron chi connectivity index (χ4n) is 7.61. The van der Waals surface area contributed by atoms with Crippen molar-refractivity contribution in [3.05, 3.63) is 126 Å². The number of carbonyl (C=O) groups is 1. The normalized spacial score (nSPS) is 12.3. The van der Waals surface area contributed by atoms with E-state index in [2.05, 4.69) is 40.3 Å². The van der Waals surface area contributed by atoms with Crippen LogP contribution in [0.5, 0.6) is 17.2 Å². The van der Waals surface area contributed by atoms with Crippen molar-refractivity contribution in [1.82, 2.24) is 39.8 Å². The number of carbonyl (C=O) groups excluding carboxylic acids is 1. The lowest BCUT2D eigenvalue weighted by molar-refractivity contribution is 0.0528. The predicted octanol–water partition coefficient (Wildman–Crippen LogP) is 8.53. The number of nitrogens with one attached hydrogen (secondary N) is 2. The third kappa shape index (κ3) is 12.6. The lowest BCUT2D eigenvalue weighted by Crippen LogP contribution is -2.33. The molecule has 0 atom stereocenters. The maximum Gasteiger partial charge on any atom is 0.407 e. The van der Waals surface area contributed by atoms with E-state index < -0.39 is 44.5 Å². The first-order valence-electron chi connectivity index (χ1n) is 22.7. The Labute approximate surface area is 410 Å². The summed E-state index contributed by atoms with van der Waals surface area (Å²) in [6.45, 7) is 11.6. The van der Waals surface area contributed by atoms with Gasteiger partial charge in [-0.3, -0.25) is 0 Å². The van der Waals surface area contributed by atoms with Gasteiger partial charge in [-0.2, -0.15) is 9.10 Å². The molecular weight excluding hydrogens is 949 g/mol. The Morgan fingerprint density at radius 2 is 1.33 bits per heavy atom. The molecule has 2 N–H and O–H groups in total. The first-order valence-corrected chi connectivity index (χ1v) is 29.5. The van der Waals surface area contributed by atoms with E-state index >= 15 is 8.42 Å². The Balaban J connectivity index is 1.47. The number of rotatable bonds is 20. The van der Waals surface area contributed by atoms with Gasteiger partial charge in [-0.15, -0.1) is 10.2 Å². The van der Waals surface area contributed by atoms with E-state index in [1.54, 1.807) is 121 Å². The molecule has 70 heavy (non-hydrogen) atoms. The summed E-state index contributed by atoms with van der Waals surface area (Å²) in [5.74, 6) is 1.95. The monoisotopic (exact) mass is 1010 g/mol. The number of fused-ring (bicyclic) bond motifs is 1. The van der Waals surface area contributed by atoms with Crippen LogP contribution >= 0.6 is 0 Å². The van der Waals surface area contributed by atoms with Gasteiger partial charge >= 0.3 is 6.09 Å². The molecule has 0 radical (unpaired) electrons. The highest BCUT2D eigenvalue weighted by atomic mass is 32.2. The lowest BCUT2D eigenvalue weighted by atomic mass is 9.98. The minimum absolute atomic E-state index is 0.0619. The number of sulfone groups is 1. The van der Waals surface area contributed by atoms with Gasteiger partial charge < -0.3 is 29.2 Å². The fourth-order valence-corrected chi connectivity index (χ4v) is 14.4. The highest BCUT2D eigenvalue weighted by Gasteiger charge is 2.38. The van der Waals surface area contributed by atoms with Gasteiger partial charge in [0.1, 0.15) is 33.6 Å². The lowest BCUT2D eigenvalue weighted by Gasteiger charge is -2.26. The topological polar surface area (TPSA) is 210 Å². The summed E-state index contributed by atoms with van der Waals surface area (Å²) in [4.78, 5) is 21.2. The van der Waals surface area contributed by atoms with Crippen molar-refractivity contribution in [3.8, 4) is 39.8 Å². The van der Waals surface area contributed by atoms with Crippen LogP contribution in [0.2, 0.25) is 25.7 Å². The molecule has 7 aromatic rings. The number of hydrogen-bond donors (Lipinski definition) is 2. The Hall–Kier alpha value is -6.61.